The Morgan fingerprint density at radius 1 is 1.46 bits per heavy atom. The molecule has 0 aliphatic rings. The molecule has 1 atom stereocenters. The van der Waals surface area contributed by atoms with Crippen molar-refractivity contribution in [3.8, 4) is 0 Å². The quantitative estimate of drug-likeness (QED) is 0.476. The standard InChI is InChI=1S/C9H8ClIO2/c1-6(11)13-9(12)7-2-4-8(10)5-3-7/h2-6H,1H3. The molecule has 2 nitrogen and oxygen atoms in total. The number of rotatable bonds is 2. The van der Waals surface area contributed by atoms with E-state index in [0.29, 0.717) is 10.6 Å². The molecule has 0 radical (unpaired) electrons. The Hall–Kier alpha value is -0.290. The van der Waals surface area contributed by atoms with Crippen LogP contribution in [-0.2, 0) is 4.74 Å². The average Bonchev–Trinajstić information content (AvgIpc) is 2.04. The molecular weight excluding hydrogens is 302 g/mol. The van der Waals surface area contributed by atoms with Gasteiger partial charge in [-0.25, -0.2) is 4.79 Å². The van der Waals surface area contributed by atoms with Gasteiger partial charge in [-0.1, -0.05) is 11.6 Å². The summed E-state index contributed by atoms with van der Waals surface area (Å²) in [6.45, 7) is 1.80. The van der Waals surface area contributed by atoms with Gasteiger partial charge in [0.05, 0.1) is 5.56 Å². The number of alkyl halides is 1. The molecule has 1 rings (SSSR count). The van der Waals surface area contributed by atoms with Gasteiger partial charge in [0.15, 0.2) is 0 Å². The van der Waals surface area contributed by atoms with Gasteiger partial charge in [-0.2, -0.15) is 0 Å². The summed E-state index contributed by atoms with van der Waals surface area (Å²) in [7, 11) is 0. The van der Waals surface area contributed by atoms with Crippen LogP contribution in [-0.4, -0.2) is 10.1 Å². The first-order valence-electron chi connectivity index (χ1n) is 3.70. The van der Waals surface area contributed by atoms with E-state index in [1.807, 2.05) is 22.6 Å². The maximum absolute atomic E-state index is 11.3. The van der Waals surface area contributed by atoms with Crippen LogP contribution < -0.4 is 0 Å². The predicted molar refractivity (Wildman–Crippen MR) is 60.3 cm³/mol. The van der Waals surface area contributed by atoms with Crippen LogP contribution >= 0.6 is 34.2 Å². The molecule has 0 amide bonds. The van der Waals surface area contributed by atoms with Gasteiger partial charge >= 0.3 is 5.97 Å². The molecule has 0 aromatic heterocycles. The number of carbonyl (C=O) groups is 1. The first kappa shape index (κ1) is 10.8. The van der Waals surface area contributed by atoms with Crippen molar-refractivity contribution in [3.05, 3.63) is 34.9 Å². The molecule has 13 heavy (non-hydrogen) atoms. The number of ether oxygens (including phenoxy) is 1. The summed E-state index contributed by atoms with van der Waals surface area (Å²) in [5.41, 5.74) is 0.521. The second-order valence-electron chi connectivity index (χ2n) is 2.46. The molecule has 1 aromatic rings. The van der Waals surface area contributed by atoms with Crippen LogP contribution in [0, 0.1) is 0 Å². The Balaban J connectivity index is 2.72. The summed E-state index contributed by atoms with van der Waals surface area (Å²) < 4.78 is 4.86. The van der Waals surface area contributed by atoms with Gasteiger partial charge in [-0.3, -0.25) is 0 Å². The summed E-state index contributed by atoms with van der Waals surface area (Å²) in [6.07, 6.45) is 0. The zero-order chi connectivity index (χ0) is 9.84. The SMILES string of the molecule is CC(I)OC(=O)c1ccc(Cl)cc1. The minimum absolute atomic E-state index is 0.124. The Morgan fingerprint density at radius 2 is 2.00 bits per heavy atom. The highest BCUT2D eigenvalue weighted by atomic mass is 127. The second-order valence-corrected chi connectivity index (χ2v) is 4.65. The minimum atomic E-state index is -0.321. The second kappa shape index (κ2) is 4.81. The summed E-state index contributed by atoms with van der Waals surface area (Å²) in [6, 6.07) is 6.61. The van der Waals surface area contributed by atoms with Crippen molar-refractivity contribution in [1.29, 1.82) is 0 Å². The number of benzene rings is 1. The smallest absolute Gasteiger partial charge is 0.339 e. The number of hydrogen-bond donors (Lipinski definition) is 0. The fraction of sp³-hybridized carbons (Fsp3) is 0.222. The number of halogens is 2. The molecule has 0 bridgehead atoms. The zero-order valence-corrected chi connectivity index (χ0v) is 9.87. The van der Waals surface area contributed by atoms with Crippen molar-refractivity contribution < 1.29 is 9.53 Å². The molecule has 4 heteroatoms. The number of carbonyl (C=O) groups excluding carboxylic acids is 1. The Bertz CT molecular complexity index is 295. The Morgan fingerprint density at radius 3 is 2.46 bits per heavy atom. The number of esters is 1. The average molecular weight is 311 g/mol. The van der Waals surface area contributed by atoms with Gasteiger partial charge in [0.1, 0.15) is 4.11 Å². The van der Waals surface area contributed by atoms with Crippen LogP contribution in [0.1, 0.15) is 17.3 Å². The Labute approximate surface area is 95.4 Å². The molecule has 0 fully saturated rings. The van der Waals surface area contributed by atoms with Crippen LogP contribution in [0.4, 0.5) is 0 Å². The van der Waals surface area contributed by atoms with Gasteiger partial charge < -0.3 is 4.74 Å². The molecule has 0 saturated heterocycles. The maximum atomic E-state index is 11.3. The van der Waals surface area contributed by atoms with Crippen LogP contribution in [0.3, 0.4) is 0 Å². The normalized spacial score (nSPS) is 12.2. The molecule has 0 aliphatic carbocycles. The van der Waals surface area contributed by atoms with Crippen LogP contribution in [0.5, 0.6) is 0 Å². The number of hydrogen-bond acceptors (Lipinski definition) is 2. The van der Waals surface area contributed by atoms with E-state index >= 15 is 0 Å². The fourth-order valence-electron chi connectivity index (χ4n) is 0.802. The fourth-order valence-corrected chi connectivity index (χ4v) is 1.16. The topological polar surface area (TPSA) is 26.3 Å². The maximum Gasteiger partial charge on any atom is 0.339 e. The predicted octanol–water partition coefficient (Wildman–Crippen LogP) is 3.28. The summed E-state index contributed by atoms with van der Waals surface area (Å²) in [4.78, 5) is 11.3. The van der Waals surface area contributed by atoms with E-state index in [1.54, 1.807) is 31.2 Å². The summed E-state index contributed by atoms with van der Waals surface area (Å²) in [5.74, 6) is -0.321. The first-order chi connectivity index (χ1) is 6.09. The summed E-state index contributed by atoms with van der Waals surface area (Å²) in [5, 5.41) is 0.610. The third-order valence-electron chi connectivity index (χ3n) is 1.35. The van der Waals surface area contributed by atoms with Crippen molar-refractivity contribution in [3.63, 3.8) is 0 Å². The van der Waals surface area contributed by atoms with E-state index < -0.39 is 0 Å². The van der Waals surface area contributed by atoms with Crippen LogP contribution in [0.2, 0.25) is 5.02 Å². The highest BCUT2D eigenvalue weighted by Crippen LogP contribution is 2.12. The molecule has 0 saturated carbocycles. The van der Waals surface area contributed by atoms with Gasteiger partial charge in [0.2, 0.25) is 0 Å². The molecule has 0 aliphatic heterocycles. The molecule has 1 unspecified atom stereocenters. The molecular formula is C9H8ClIO2. The van der Waals surface area contributed by atoms with E-state index in [4.69, 9.17) is 16.3 Å². The van der Waals surface area contributed by atoms with E-state index in [9.17, 15) is 4.79 Å². The lowest BCUT2D eigenvalue weighted by Crippen LogP contribution is -2.08. The van der Waals surface area contributed by atoms with E-state index in [-0.39, 0.29) is 10.1 Å². The lowest BCUT2D eigenvalue weighted by atomic mass is 10.2. The Kier molecular flexibility index (Phi) is 3.99. The van der Waals surface area contributed by atoms with Crippen molar-refractivity contribution >= 4 is 40.2 Å². The zero-order valence-electron chi connectivity index (χ0n) is 6.96. The lowest BCUT2D eigenvalue weighted by molar-refractivity contribution is 0.0502. The largest absolute Gasteiger partial charge is 0.448 e. The van der Waals surface area contributed by atoms with Crippen molar-refractivity contribution in [1.82, 2.24) is 0 Å². The van der Waals surface area contributed by atoms with Gasteiger partial charge in [-0.05, 0) is 53.8 Å². The summed E-state index contributed by atoms with van der Waals surface area (Å²) >= 11 is 7.69. The van der Waals surface area contributed by atoms with E-state index in [1.165, 1.54) is 0 Å². The molecule has 1 aromatic carbocycles. The van der Waals surface area contributed by atoms with Crippen LogP contribution in [0.25, 0.3) is 0 Å². The monoisotopic (exact) mass is 310 g/mol. The third kappa shape index (κ3) is 3.52. The molecule has 70 valence electrons. The highest BCUT2D eigenvalue weighted by Gasteiger charge is 2.08. The molecule has 0 N–H and O–H groups in total. The highest BCUT2D eigenvalue weighted by molar-refractivity contribution is 14.1. The van der Waals surface area contributed by atoms with Crippen molar-refractivity contribution in [2.24, 2.45) is 0 Å². The molecule has 0 spiro atoms. The minimum Gasteiger partial charge on any atom is -0.448 e. The van der Waals surface area contributed by atoms with Gasteiger partial charge in [0, 0.05) is 5.02 Å². The van der Waals surface area contributed by atoms with Gasteiger partial charge in [-0.15, -0.1) is 0 Å². The van der Waals surface area contributed by atoms with Crippen molar-refractivity contribution in [2.75, 3.05) is 0 Å². The van der Waals surface area contributed by atoms with Crippen LogP contribution in [0.15, 0.2) is 24.3 Å². The third-order valence-corrected chi connectivity index (χ3v) is 1.86. The lowest BCUT2D eigenvalue weighted by Gasteiger charge is -2.05. The van der Waals surface area contributed by atoms with Crippen molar-refractivity contribution in [2.45, 2.75) is 11.0 Å². The molecule has 0 heterocycles. The van der Waals surface area contributed by atoms with Gasteiger partial charge in [0.25, 0.3) is 0 Å². The first-order valence-corrected chi connectivity index (χ1v) is 5.32. The van der Waals surface area contributed by atoms with E-state index in [0.717, 1.165) is 0 Å². The van der Waals surface area contributed by atoms with E-state index in [2.05, 4.69) is 0 Å².